The normalized spacial score (nSPS) is 17.1. The van der Waals surface area contributed by atoms with Gasteiger partial charge in [0.05, 0.1) is 29.9 Å². The molecule has 0 spiro atoms. The summed E-state index contributed by atoms with van der Waals surface area (Å²) in [5, 5.41) is 0.972. The van der Waals surface area contributed by atoms with Crippen molar-refractivity contribution in [1.29, 1.82) is 0 Å². The summed E-state index contributed by atoms with van der Waals surface area (Å²) >= 11 is 1.64. The van der Waals surface area contributed by atoms with Crippen LogP contribution in [0.4, 0.5) is 0 Å². The van der Waals surface area contributed by atoms with Gasteiger partial charge in [0.1, 0.15) is 11.0 Å². The molecule has 3 aromatic rings. The van der Waals surface area contributed by atoms with Crippen molar-refractivity contribution in [2.45, 2.75) is 32.0 Å². The maximum atomic E-state index is 13.2. The van der Waals surface area contributed by atoms with Crippen molar-refractivity contribution >= 4 is 33.4 Å². The molecule has 0 radical (unpaired) electrons. The second-order valence-corrected chi connectivity index (χ2v) is 8.71. The van der Waals surface area contributed by atoms with Gasteiger partial charge in [-0.3, -0.25) is 9.69 Å². The summed E-state index contributed by atoms with van der Waals surface area (Å²) in [6.07, 6.45) is 0.478. The summed E-state index contributed by atoms with van der Waals surface area (Å²) in [5.74, 6) is -0.463. The van der Waals surface area contributed by atoms with Crippen molar-refractivity contribution in [3.63, 3.8) is 0 Å². The number of rotatable bonds is 5. The monoisotopic (exact) mass is 423 g/mol. The number of nitrogens with zero attached hydrogens (tertiary/aromatic N) is 3. The van der Waals surface area contributed by atoms with Gasteiger partial charge in [-0.15, -0.1) is 11.3 Å². The van der Waals surface area contributed by atoms with Crippen molar-refractivity contribution in [3.05, 3.63) is 64.7 Å². The van der Waals surface area contributed by atoms with Gasteiger partial charge in [-0.25, -0.2) is 9.78 Å². The molecule has 1 aliphatic rings. The van der Waals surface area contributed by atoms with Gasteiger partial charge in [0.2, 0.25) is 5.91 Å². The van der Waals surface area contributed by atoms with E-state index in [1.807, 2.05) is 61.3 Å². The molecule has 2 unspecified atom stereocenters. The zero-order valence-electron chi connectivity index (χ0n) is 17.4. The Balaban J connectivity index is 1.51. The number of ether oxygens (including phenoxy) is 1. The fraction of sp³-hybridized carbons (Fsp3) is 0.348. The minimum absolute atomic E-state index is 0.0139. The van der Waals surface area contributed by atoms with Gasteiger partial charge in [0.25, 0.3) is 0 Å². The van der Waals surface area contributed by atoms with E-state index in [0.717, 1.165) is 26.4 Å². The molecule has 1 aromatic heterocycles. The SMILES string of the molecule is COC(=O)C1Cc2ccccc2CN1C(=O)CN(C)C(C)c1nc2ccccc2s1. The number of benzene rings is 2. The molecule has 0 N–H and O–H groups in total. The van der Waals surface area contributed by atoms with Gasteiger partial charge in [-0.2, -0.15) is 0 Å². The average molecular weight is 424 g/mol. The zero-order chi connectivity index (χ0) is 21.3. The van der Waals surface area contributed by atoms with Crippen LogP contribution in [0, 0.1) is 0 Å². The molecule has 2 aromatic carbocycles. The Morgan fingerprint density at radius 3 is 2.63 bits per heavy atom. The van der Waals surface area contributed by atoms with E-state index in [1.165, 1.54) is 7.11 Å². The molecule has 0 bridgehead atoms. The molecular formula is C23H25N3O3S. The van der Waals surface area contributed by atoms with E-state index in [-0.39, 0.29) is 24.5 Å². The molecule has 0 saturated carbocycles. The standard InChI is InChI=1S/C23H25N3O3S/c1-15(22-24-18-10-6-7-11-20(18)30-22)25(2)14-21(27)26-13-17-9-5-4-8-16(17)12-19(26)23(28)29-3/h4-11,15,19H,12-14H2,1-3H3. The average Bonchev–Trinajstić information content (AvgIpc) is 3.21. The van der Waals surface area contributed by atoms with Crippen molar-refractivity contribution < 1.29 is 14.3 Å². The minimum atomic E-state index is -0.594. The predicted octanol–water partition coefficient (Wildman–Crippen LogP) is 3.42. The van der Waals surface area contributed by atoms with Gasteiger partial charge in [-0.05, 0) is 37.2 Å². The van der Waals surface area contributed by atoms with Crippen LogP contribution in [0.5, 0.6) is 0 Å². The molecular weight excluding hydrogens is 398 g/mol. The van der Waals surface area contributed by atoms with Crippen molar-refractivity contribution in [3.8, 4) is 0 Å². The third kappa shape index (κ3) is 3.95. The zero-order valence-corrected chi connectivity index (χ0v) is 18.2. The van der Waals surface area contributed by atoms with Crippen LogP contribution in [-0.4, -0.2) is 53.4 Å². The largest absolute Gasteiger partial charge is 0.467 e. The first-order valence-corrected chi connectivity index (χ1v) is 10.8. The lowest BCUT2D eigenvalue weighted by molar-refractivity contribution is -0.154. The first kappa shape index (κ1) is 20.5. The van der Waals surface area contributed by atoms with Crippen LogP contribution in [0.25, 0.3) is 10.2 Å². The number of esters is 1. The van der Waals surface area contributed by atoms with E-state index in [4.69, 9.17) is 9.72 Å². The lowest BCUT2D eigenvalue weighted by Gasteiger charge is -2.36. The summed E-state index contributed by atoms with van der Waals surface area (Å²) in [6, 6.07) is 15.4. The highest BCUT2D eigenvalue weighted by Gasteiger charge is 2.35. The molecule has 1 amide bonds. The van der Waals surface area contributed by atoms with Crippen LogP contribution in [0.1, 0.15) is 29.1 Å². The second kappa shape index (κ2) is 8.53. The number of methoxy groups -OCH3 is 1. The lowest BCUT2D eigenvalue weighted by atomic mass is 9.94. The second-order valence-electron chi connectivity index (χ2n) is 7.64. The van der Waals surface area contributed by atoms with E-state index < -0.39 is 6.04 Å². The Hall–Kier alpha value is -2.77. The highest BCUT2D eigenvalue weighted by molar-refractivity contribution is 7.18. The first-order chi connectivity index (χ1) is 14.5. The molecule has 0 fully saturated rings. The van der Waals surface area contributed by atoms with Gasteiger partial charge in [0.15, 0.2) is 0 Å². The van der Waals surface area contributed by atoms with Gasteiger partial charge < -0.3 is 9.64 Å². The van der Waals surface area contributed by atoms with Gasteiger partial charge in [0, 0.05) is 13.0 Å². The van der Waals surface area contributed by atoms with Crippen LogP contribution in [0.2, 0.25) is 0 Å². The summed E-state index contributed by atoms with van der Waals surface area (Å²) < 4.78 is 6.12. The molecule has 7 heteroatoms. The summed E-state index contributed by atoms with van der Waals surface area (Å²) in [6.45, 7) is 2.67. The van der Waals surface area contributed by atoms with Crippen LogP contribution in [-0.2, 0) is 27.3 Å². The minimum Gasteiger partial charge on any atom is -0.467 e. The number of amides is 1. The predicted molar refractivity (Wildman–Crippen MR) is 117 cm³/mol. The lowest BCUT2D eigenvalue weighted by Crippen LogP contribution is -2.51. The number of para-hydroxylation sites is 1. The van der Waals surface area contributed by atoms with E-state index in [2.05, 4.69) is 6.07 Å². The molecule has 0 saturated heterocycles. The van der Waals surface area contributed by atoms with Gasteiger partial charge >= 0.3 is 5.97 Å². The molecule has 156 valence electrons. The number of thiazole rings is 1. The maximum Gasteiger partial charge on any atom is 0.328 e. The Morgan fingerprint density at radius 2 is 1.90 bits per heavy atom. The number of carbonyl (C=O) groups excluding carboxylic acids is 2. The quantitative estimate of drug-likeness (QED) is 0.589. The number of fused-ring (bicyclic) bond motifs is 2. The van der Waals surface area contributed by atoms with Gasteiger partial charge in [-0.1, -0.05) is 36.4 Å². The third-order valence-electron chi connectivity index (χ3n) is 5.76. The fourth-order valence-corrected chi connectivity index (χ4v) is 4.91. The number of carbonyl (C=O) groups is 2. The topological polar surface area (TPSA) is 62.7 Å². The molecule has 0 aliphatic carbocycles. The molecule has 30 heavy (non-hydrogen) atoms. The fourth-order valence-electron chi connectivity index (χ4n) is 3.83. The smallest absolute Gasteiger partial charge is 0.328 e. The number of hydrogen-bond acceptors (Lipinski definition) is 6. The molecule has 6 nitrogen and oxygen atoms in total. The Kier molecular flexibility index (Phi) is 5.83. The highest BCUT2D eigenvalue weighted by Crippen LogP contribution is 2.29. The summed E-state index contributed by atoms with van der Waals surface area (Å²) in [4.78, 5) is 34.0. The maximum absolute atomic E-state index is 13.2. The number of hydrogen-bond donors (Lipinski definition) is 0. The molecule has 4 rings (SSSR count). The molecule has 2 atom stereocenters. The van der Waals surface area contributed by atoms with E-state index in [0.29, 0.717) is 13.0 Å². The molecule has 1 aliphatic heterocycles. The first-order valence-electron chi connectivity index (χ1n) is 9.97. The summed E-state index contributed by atoms with van der Waals surface area (Å²) in [7, 11) is 3.28. The van der Waals surface area contributed by atoms with Crippen molar-refractivity contribution in [2.24, 2.45) is 0 Å². The van der Waals surface area contributed by atoms with Crippen LogP contribution < -0.4 is 0 Å². The number of aromatic nitrogens is 1. The van der Waals surface area contributed by atoms with Crippen molar-refractivity contribution in [2.75, 3.05) is 20.7 Å². The Labute approximate surface area is 180 Å². The van der Waals surface area contributed by atoms with E-state index >= 15 is 0 Å². The summed E-state index contributed by atoms with van der Waals surface area (Å²) in [5.41, 5.74) is 3.14. The molecule has 2 heterocycles. The van der Waals surface area contributed by atoms with Crippen LogP contribution >= 0.6 is 11.3 Å². The third-order valence-corrected chi connectivity index (χ3v) is 6.96. The number of likely N-dealkylation sites (N-methyl/N-ethyl adjacent to an activating group) is 1. The van der Waals surface area contributed by atoms with E-state index in [9.17, 15) is 9.59 Å². The van der Waals surface area contributed by atoms with Crippen molar-refractivity contribution in [1.82, 2.24) is 14.8 Å². The van der Waals surface area contributed by atoms with E-state index in [1.54, 1.807) is 16.2 Å². The Bertz CT molecular complexity index is 1050. The highest BCUT2D eigenvalue weighted by atomic mass is 32.1. The van der Waals surface area contributed by atoms with Crippen LogP contribution in [0.3, 0.4) is 0 Å². The van der Waals surface area contributed by atoms with Crippen LogP contribution in [0.15, 0.2) is 48.5 Å². The Morgan fingerprint density at radius 1 is 1.20 bits per heavy atom.